The van der Waals surface area contributed by atoms with Crippen molar-refractivity contribution in [3.05, 3.63) is 29.3 Å². The van der Waals surface area contributed by atoms with Gasteiger partial charge in [-0.05, 0) is 38.0 Å². The van der Waals surface area contributed by atoms with Gasteiger partial charge in [-0.1, -0.05) is 13.0 Å². The number of ketones is 1. The monoisotopic (exact) mass is 290 g/mol. The Morgan fingerprint density at radius 1 is 1.33 bits per heavy atom. The standard InChI is InChI=1S/C17H26N2O2/c1-4-14-6-7-16(21-5-2)15(12-14)17(20)13(3)19-10-8-18-9-11-19/h6-7,12-13,18H,4-5,8-11H2,1-3H3. The van der Waals surface area contributed by atoms with Crippen LogP contribution < -0.4 is 10.1 Å². The van der Waals surface area contributed by atoms with Gasteiger partial charge in [0.05, 0.1) is 18.2 Å². The average Bonchev–Trinajstić information content (AvgIpc) is 2.55. The maximum atomic E-state index is 12.9. The third-order valence-corrected chi connectivity index (χ3v) is 4.10. The van der Waals surface area contributed by atoms with Crippen LogP contribution in [0.4, 0.5) is 0 Å². The van der Waals surface area contributed by atoms with E-state index in [4.69, 9.17) is 4.74 Å². The first kappa shape index (κ1) is 16.0. The van der Waals surface area contributed by atoms with Crippen molar-refractivity contribution in [1.29, 1.82) is 0 Å². The number of benzene rings is 1. The van der Waals surface area contributed by atoms with E-state index in [9.17, 15) is 4.79 Å². The zero-order valence-corrected chi connectivity index (χ0v) is 13.3. The Morgan fingerprint density at radius 2 is 2.05 bits per heavy atom. The minimum atomic E-state index is -0.0987. The zero-order valence-electron chi connectivity index (χ0n) is 13.3. The van der Waals surface area contributed by atoms with Crippen molar-refractivity contribution < 1.29 is 9.53 Å². The van der Waals surface area contributed by atoms with Crippen LogP contribution >= 0.6 is 0 Å². The van der Waals surface area contributed by atoms with Crippen LogP contribution in [0.25, 0.3) is 0 Å². The molecule has 1 aliphatic heterocycles. The molecule has 2 rings (SSSR count). The van der Waals surface area contributed by atoms with E-state index < -0.39 is 0 Å². The largest absolute Gasteiger partial charge is 0.493 e. The molecule has 0 bridgehead atoms. The van der Waals surface area contributed by atoms with Gasteiger partial charge < -0.3 is 10.1 Å². The van der Waals surface area contributed by atoms with Crippen LogP contribution in [0.2, 0.25) is 0 Å². The van der Waals surface area contributed by atoms with Crippen molar-refractivity contribution in [2.24, 2.45) is 0 Å². The highest BCUT2D eigenvalue weighted by molar-refractivity contribution is 6.02. The fourth-order valence-corrected chi connectivity index (χ4v) is 2.73. The highest BCUT2D eigenvalue weighted by Crippen LogP contribution is 2.23. The van der Waals surface area contributed by atoms with Gasteiger partial charge in [-0.2, -0.15) is 0 Å². The van der Waals surface area contributed by atoms with Crippen LogP contribution in [0.1, 0.15) is 36.7 Å². The summed E-state index contributed by atoms with van der Waals surface area (Å²) in [6.45, 7) is 10.4. The van der Waals surface area contributed by atoms with E-state index in [1.807, 2.05) is 32.0 Å². The molecule has 0 saturated carbocycles. The second kappa shape index (κ2) is 7.57. The number of rotatable bonds is 6. The summed E-state index contributed by atoms with van der Waals surface area (Å²) in [6, 6.07) is 5.86. The van der Waals surface area contributed by atoms with E-state index in [0.717, 1.165) is 38.2 Å². The molecule has 1 saturated heterocycles. The van der Waals surface area contributed by atoms with Crippen LogP contribution in [0.15, 0.2) is 18.2 Å². The molecule has 1 fully saturated rings. The first-order valence-corrected chi connectivity index (χ1v) is 7.92. The van der Waals surface area contributed by atoms with Crippen LogP contribution in [0, 0.1) is 0 Å². The molecule has 1 aromatic rings. The number of nitrogens with zero attached hydrogens (tertiary/aromatic N) is 1. The van der Waals surface area contributed by atoms with Crippen molar-refractivity contribution in [1.82, 2.24) is 10.2 Å². The Hall–Kier alpha value is -1.39. The van der Waals surface area contributed by atoms with Gasteiger partial charge in [0.15, 0.2) is 5.78 Å². The number of hydrogen-bond donors (Lipinski definition) is 1. The maximum absolute atomic E-state index is 12.9. The molecule has 0 aliphatic carbocycles. The van der Waals surface area contributed by atoms with Gasteiger partial charge in [0.1, 0.15) is 5.75 Å². The third-order valence-electron chi connectivity index (χ3n) is 4.10. The zero-order chi connectivity index (χ0) is 15.2. The van der Waals surface area contributed by atoms with Gasteiger partial charge in [-0.15, -0.1) is 0 Å². The lowest BCUT2D eigenvalue weighted by Gasteiger charge is -2.32. The Kier molecular flexibility index (Phi) is 5.76. The highest BCUT2D eigenvalue weighted by Gasteiger charge is 2.26. The van der Waals surface area contributed by atoms with E-state index in [1.54, 1.807) is 0 Å². The molecule has 1 unspecified atom stereocenters. The lowest BCUT2D eigenvalue weighted by atomic mass is 9.99. The Bertz CT molecular complexity index is 482. The predicted molar refractivity (Wildman–Crippen MR) is 85.2 cm³/mol. The van der Waals surface area contributed by atoms with Crippen molar-refractivity contribution in [3.63, 3.8) is 0 Å². The SMILES string of the molecule is CCOc1ccc(CC)cc1C(=O)C(C)N1CCNCC1. The number of nitrogens with one attached hydrogen (secondary N) is 1. The molecule has 21 heavy (non-hydrogen) atoms. The van der Waals surface area contributed by atoms with E-state index in [1.165, 1.54) is 5.56 Å². The molecule has 4 heteroatoms. The van der Waals surface area contributed by atoms with Crippen molar-refractivity contribution in [2.75, 3.05) is 32.8 Å². The summed E-state index contributed by atoms with van der Waals surface area (Å²) in [5, 5.41) is 3.32. The Morgan fingerprint density at radius 3 is 2.67 bits per heavy atom. The first-order chi connectivity index (χ1) is 10.2. The average molecular weight is 290 g/mol. The lowest BCUT2D eigenvalue weighted by Crippen LogP contribution is -2.50. The third kappa shape index (κ3) is 3.83. The fraction of sp³-hybridized carbons (Fsp3) is 0.588. The normalized spacial score (nSPS) is 17.5. The maximum Gasteiger partial charge on any atom is 0.183 e. The minimum Gasteiger partial charge on any atom is -0.493 e. The molecule has 0 spiro atoms. The quantitative estimate of drug-likeness (QED) is 0.815. The molecule has 1 atom stereocenters. The number of carbonyl (C=O) groups is 1. The molecular formula is C17H26N2O2. The summed E-state index contributed by atoms with van der Waals surface area (Å²) in [4.78, 5) is 15.1. The smallest absolute Gasteiger partial charge is 0.183 e. The van der Waals surface area contributed by atoms with Crippen LogP contribution in [-0.2, 0) is 6.42 Å². The van der Waals surface area contributed by atoms with E-state index in [0.29, 0.717) is 12.4 Å². The molecule has 4 nitrogen and oxygen atoms in total. The van der Waals surface area contributed by atoms with Gasteiger partial charge in [-0.25, -0.2) is 0 Å². The molecule has 1 heterocycles. The molecule has 1 N–H and O–H groups in total. The van der Waals surface area contributed by atoms with Crippen molar-refractivity contribution in [3.8, 4) is 5.75 Å². The number of aryl methyl sites for hydroxylation is 1. The Balaban J connectivity index is 2.23. The minimum absolute atomic E-state index is 0.0987. The molecule has 116 valence electrons. The van der Waals surface area contributed by atoms with Crippen molar-refractivity contribution in [2.45, 2.75) is 33.2 Å². The Labute approximate surface area is 127 Å². The summed E-state index contributed by atoms with van der Waals surface area (Å²) >= 11 is 0. The second-order valence-corrected chi connectivity index (χ2v) is 5.44. The molecule has 0 radical (unpaired) electrons. The number of piperazine rings is 1. The van der Waals surface area contributed by atoms with Crippen LogP contribution in [0.5, 0.6) is 5.75 Å². The number of ether oxygens (including phenoxy) is 1. The van der Waals surface area contributed by atoms with Gasteiger partial charge >= 0.3 is 0 Å². The van der Waals surface area contributed by atoms with Gasteiger partial charge in [0.2, 0.25) is 0 Å². The van der Waals surface area contributed by atoms with E-state index >= 15 is 0 Å². The summed E-state index contributed by atoms with van der Waals surface area (Å²) in [5.41, 5.74) is 1.90. The fourth-order valence-electron chi connectivity index (χ4n) is 2.73. The lowest BCUT2D eigenvalue weighted by molar-refractivity contribution is 0.0816. The molecular weight excluding hydrogens is 264 g/mol. The highest BCUT2D eigenvalue weighted by atomic mass is 16.5. The predicted octanol–water partition coefficient (Wildman–Crippen LogP) is 2.12. The first-order valence-electron chi connectivity index (χ1n) is 7.92. The van der Waals surface area contributed by atoms with Crippen LogP contribution in [-0.4, -0.2) is 49.5 Å². The van der Waals surface area contributed by atoms with Gasteiger partial charge in [0, 0.05) is 26.2 Å². The molecule has 1 aliphatic rings. The summed E-state index contributed by atoms with van der Waals surface area (Å²) in [6.07, 6.45) is 0.925. The topological polar surface area (TPSA) is 41.6 Å². The second-order valence-electron chi connectivity index (χ2n) is 5.44. The number of carbonyl (C=O) groups excluding carboxylic acids is 1. The number of Topliss-reactive ketones (excluding diaryl/α,β-unsaturated/α-hetero) is 1. The van der Waals surface area contributed by atoms with Gasteiger partial charge in [0.25, 0.3) is 0 Å². The number of hydrogen-bond acceptors (Lipinski definition) is 4. The van der Waals surface area contributed by atoms with Gasteiger partial charge in [-0.3, -0.25) is 9.69 Å². The summed E-state index contributed by atoms with van der Waals surface area (Å²) in [7, 11) is 0. The van der Waals surface area contributed by atoms with E-state index in [-0.39, 0.29) is 11.8 Å². The summed E-state index contributed by atoms with van der Waals surface area (Å²) in [5.74, 6) is 0.873. The van der Waals surface area contributed by atoms with Crippen molar-refractivity contribution >= 4 is 5.78 Å². The molecule has 0 aromatic heterocycles. The van der Waals surface area contributed by atoms with Crippen LogP contribution in [0.3, 0.4) is 0 Å². The molecule has 0 amide bonds. The molecule has 1 aromatic carbocycles. The summed E-state index contributed by atoms with van der Waals surface area (Å²) < 4.78 is 5.64. The van der Waals surface area contributed by atoms with E-state index in [2.05, 4.69) is 17.1 Å².